The van der Waals surface area contributed by atoms with Crippen molar-refractivity contribution in [3.8, 4) is 0 Å². The fourth-order valence-electron chi connectivity index (χ4n) is 2.86. The van der Waals surface area contributed by atoms with Gasteiger partial charge in [0.25, 0.3) is 0 Å². The highest BCUT2D eigenvalue weighted by Gasteiger charge is 2.17. The van der Waals surface area contributed by atoms with Gasteiger partial charge >= 0.3 is 0 Å². The molecule has 0 heterocycles. The zero-order chi connectivity index (χ0) is 16.7. The highest BCUT2D eigenvalue weighted by Crippen LogP contribution is 2.29. The minimum absolute atomic E-state index is 0.0235. The molecule has 0 fully saturated rings. The lowest BCUT2D eigenvalue weighted by molar-refractivity contribution is -0.116. The molecule has 0 spiro atoms. The summed E-state index contributed by atoms with van der Waals surface area (Å²) in [5.74, 6) is 1.12. The molecule has 1 unspecified atom stereocenters. The number of aryl methyl sites for hydroxylation is 1. The number of rotatable bonds is 6. The van der Waals surface area contributed by atoms with Gasteiger partial charge in [0.1, 0.15) is 0 Å². The highest BCUT2D eigenvalue weighted by molar-refractivity contribution is 6.30. The van der Waals surface area contributed by atoms with Crippen LogP contribution in [0.5, 0.6) is 0 Å². The largest absolute Gasteiger partial charge is 0.352 e. The van der Waals surface area contributed by atoms with Gasteiger partial charge in [-0.05, 0) is 60.8 Å². The first-order chi connectivity index (χ1) is 11.0. The second-order valence-corrected chi connectivity index (χ2v) is 7.12. The molecule has 0 aliphatic heterocycles. The van der Waals surface area contributed by atoms with Gasteiger partial charge < -0.3 is 5.32 Å². The third-order valence-corrected chi connectivity index (χ3v) is 4.38. The van der Waals surface area contributed by atoms with E-state index in [1.165, 1.54) is 17.5 Å². The van der Waals surface area contributed by atoms with Gasteiger partial charge in [-0.1, -0.05) is 49.7 Å². The van der Waals surface area contributed by atoms with Crippen molar-refractivity contribution in [3.63, 3.8) is 0 Å². The molecule has 1 amide bonds. The van der Waals surface area contributed by atoms with E-state index in [9.17, 15) is 4.79 Å². The number of hydrogen-bond donors (Lipinski definition) is 1. The molecule has 3 heteroatoms. The minimum Gasteiger partial charge on any atom is -0.352 e. The molecule has 0 aromatic heterocycles. The van der Waals surface area contributed by atoms with Crippen LogP contribution in [0.4, 0.5) is 0 Å². The summed E-state index contributed by atoms with van der Waals surface area (Å²) in [5, 5.41) is 3.70. The first kappa shape index (κ1) is 17.8. The predicted octanol–water partition coefficient (Wildman–Crippen LogP) is 4.72. The Morgan fingerprint density at radius 2 is 2.17 bits per heavy atom. The van der Waals surface area contributed by atoms with E-state index in [1.54, 1.807) is 6.08 Å². The van der Waals surface area contributed by atoms with Crippen LogP contribution < -0.4 is 5.32 Å². The predicted molar refractivity (Wildman–Crippen MR) is 97.7 cm³/mol. The van der Waals surface area contributed by atoms with Gasteiger partial charge in [-0.3, -0.25) is 4.79 Å². The number of fused-ring (bicyclic) bond motifs is 1. The summed E-state index contributed by atoms with van der Waals surface area (Å²) in [6.07, 6.45) is 12.0. The number of benzene rings is 1. The van der Waals surface area contributed by atoms with Crippen LogP contribution in [0.3, 0.4) is 0 Å². The third kappa shape index (κ3) is 6.23. The summed E-state index contributed by atoms with van der Waals surface area (Å²) in [6, 6.07) is 6.24. The molecule has 2 rings (SSSR count). The van der Waals surface area contributed by atoms with E-state index < -0.39 is 0 Å². The quantitative estimate of drug-likeness (QED) is 0.593. The van der Waals surface area contributed by atoms with E-state index in [-0.39, 0.29) is 5.91 Å². The summed E-state index contributed by atoms with van der Waals surface area (Å²) < 4.78 is 0. The van der Waals surface area contributed by atoms with Crippen molar-refractivity contribution in [1.29, 1.82) is 0 Å². The fraction of sp³-hybridized carbons (Fsp3) is 0.450. The van der Waals surface area contributed by atoms with Gasteiger partial charge in [0.2, 0.25) is 5.91 Å². The summed E-state index contributed by atoms with van der Waals surface area (Å²) in [5.41, 5.74) is 2.84. The minimum atomic E-state index is -0.0235. The van der Waals surface area contributed by atoms with Crippen molar-refractivity contribution in [2.24, 2.45) is 11.8 Å². The second kappa shape index (κ2) is 8.93. The van der Waals surface area contributed by atoms with Gasteiger partial charge in [0, 0.05) is 17.6 Å². The molecule has 2 nitrogen and oxygen atoms in total. The third-order valence-electron chi connectivity index (χ3n) is 4.15. The van der Waals surface area contributed by atoms with E-state index in [2.05, 4.69) is 37.4 Å². The van der Waals surface area contributed by atoms with Crippen molar-refractivity contribution in [3.05, 3.63) is 58.7 Å². The number of hydrogen-bond acceptors (Lipinski definition) is 1. The molecule has 0 bridgehead atoms. The first-order valence-electron chi connectivity index (χ1n) is 8.43. The fourth-order valence-corrected chi connectivity index (χ4v) is 3.05. The van der Waals surface area contributed by atoms with E-state index in [4.69, 9.17) is 11.6 Å². The number of halogens is 1. The van der Waals surface area contributed by atoms with Crippen LogP contribution in [0, 0.1) is 11.8 Å². The van der Waals surface area contributed by atoms with E-state index in [1.807, 2.05) is 18.2 Å². The smallest absolute Gasteiger partial charge is 0.243 e. The normalized spacial score (nSPS) is 17.8. The summed E-state index contributed by atoms with van der Waals surface area (Å²) in [4.78, 5) is 11.5. The van der Waals surface area contributed by atoms with Crippen LogP contribution in [0.15, 0.2) is 42.5 Å². The maximum atomic E-state index is 11.5. The molecule has 1 aliphatic carbocycles. The lowest BCUT2D eigenvalue weighted by Crippen LogP contribution is -2.25. The molecule has 0 saturated heterocycles. The molecule has 124 valence electrons. The van der Waals surface area contributed by atoms with Gasteiger partial charge in [-0.2, -0.15) is 0 Å². The standard InChI is InChI=1S/C20H26ClNO/c1-15(2)14-22-20(23)7-5-3-4-6-16-8-9-17-10-11-19(21)13-18(17)12-16/h3-5,7,10-11,13,15-16H,6,8-9,12,14H2,1-2H3,(H,22,23). The van der Waals surface area contributed by atoms with Crippen LogP contribution in [-0.4, -0.2) is 12.5 Å². The Hall–Kier alpha value is -1.54. The number of amides is 1. The SMILES string of the molecule is CC(C)CNC(=O)C=CC=CCC1CCc2ccc(Cl)cc2C1. The maximum Gasteiger partial charge on any atom is 0.243 e. The average molecular weight is 332 g/mol. The van der Waals surface area contributed by atoms with Crippen LogP contribution in [0.25, 0.3) is 0 Å². The molecular formula is C20H26ClNO. The summed E-state index contributed by atoms with van der Waals surface area (Å²) >= 11 is 6.08. The van der Waals surface area contributed by atoms with Crippen molar-refractivity contribution in [1.82, 2.24) is 5.32 Å². The monoisotopic (exact) mass is 331 g/mol. The molecule has 1 N–H and O–H groups in total. The molecule has 1 aromatic carbocycles. The van der Waals surface area contributed by atoms with Crippen molar-refractivity contribution < 1.29 is 4.79 Å². The van der Waals surface area contributed by atoms with Gasteiger partial charge in [0.05, 0.1) is 0 Å². The molecule has 0 radical (unpaired) electrons. The number of carbonyl (C=O) groups is 1. The van der Waals surface area contributed by atoms with Crippen molar-refractivity contribution in [2.75, 3.05) is 6.54 Å². The van der Waals surface area contributed by atoms with E-state index in [0.717, 1.165) is 30.8 Å². The van der Waals surface area contributed by atoms with E-state index >= 15 is 0 Å². The zero-order valence-corrected chi connectivity index (χ0v) is 14.8. The second-order valence-electron chi connectivity index (χ2n) is 6.68. The van der Waals surface area contributed by atoms with Crippen LogP contribution >= 0.6 is 11.6 Å². The zero-order valence-electron chi connectivity index (χ0n) is 14.0. The highest BCUT2D eigenvalue weighted by atomic mass is 35.5. The Morgan fingerprint density at radius 1 is 1.35 bits per heavy atom. The lowest BCUT2D eigenvalue weighted by Gasteiger charge is -2.23. The summed E-state index contributed by atoms with van der Waals surface area (Å²) in [6.45, 7) is 4.88. The average Bonchev–Trinajstić information content (AvgIpc) is 2.52. The Labute approximate surface area is 144 Å². The Kier molecular flexibility index (Phi) is 6.91. The number of allylic oxidation sites excluding steroid dienone is 3. The van der Waals surface area contributed by atoms with Gasteiger partial charge in [-0.25, -0.2) is 0 Å². The number of nitrogens with one attached hydrogen (secondary N) is 1. The van der Waals surface area contributed by atoms with Crippen molar-refractivity contribution >= 4 is 17.5 Å². The van der Waals surface area contributed by atoms with Crippen molar-refractivity contribution in [2.45, 2.75) is 39.5 Å². The van der Waals surface area contributed by atoms with Crippen LogP contribution in [-0.2, 0) is 17.6 Å². The Morgan fingerprint density at radius 3 is 2.96 bits per heavy atom. The Balaban J connectivity index is 1.75. The molecule has 0 saturated carbocycles. The first-order valence-corrected chi connectivity index (χ1v) is 8.80. The molecule has 1 aromatic rings. The maximum absolute atomic E-state index is 11.5. The number of carbonyl (C=O) groups excluding carboxylic acids is 1. The molecular weight excluding hydrogens is 306 g/mol. The lowest BCUT2D eigenvalue weighted by atomic mass is 9.82. The van der Waals surface area contributed by atoms with E-state index in [0.29, 0.717) is 11.8 Å². The summed E-state index contributed by atoms with van der Waals surface area (Å²) in [7, 11) is 0. The van der Waals surface area contributed by atoms with Crippen LogP contribution in [0.2, 0.25) is 5.02 Å². The molecule has 1 atom stereocenters. The molecule has 23 heavy (non-hydrogen) atoms. The van der Waals surface area contributed by atoms with Gasteiger partial charge in [-0.15, -0.1) is 0 Å². The molecule has 1 aliphatic rings. The van der Waals surface area contributed by atoms with Crippen LogP contribution in [0.1, 0.15) is 37.8 Å². The topological polar surface area (TPSA) is 29.1 Å². The van der Waals surface area contributed by atoms with Gasteiger partial charge in [0.15, 0.2) is 0 Å². The Bertz CT molecular complexity index is 589.